The van der Waals surface area contributed by atoms with E-state index >= 15 is 0 Å². The van der Waals surface area contributed by atoms with Gasteiger partial charge in [0, 0.05) is 24.1 Å². The number of phenols is 2. The second-order valence-corrected chi connectivity index (χ2v) is 3.71. The van der Waals surface area contributed by atoms with Crippen molar-refractivity contribution in [2.24, 2.45) is 0 Å². The largest absolute Gasteiger partial charge is 0.508 e. The van der Waals surface area contributed by atoms with Gasteiger partial charge < -0.3 is 26.3 Å². The molecule has 0 unspecified atom stereocenters. The lowest BCUT2D eigenvalue weighted by Gasteiger charge is -2.04. The zero-order valence-corrected chi connectivity index (χ0v) is 8.83. The van der Waals surface area contributed by atoms with Gasteiger partial charge in [0.25, 0.3) is 0 Å². The molecule has 0 bridgehead atoms. The van der Waals surface area contributed by atoms with Gasteiger partial charge >= 0.3 is 0 Å². The fraction of sp³-hybridized carbons (Fsp3) is 0.0909. The minimum atomic E-state index is -0.269. The van der Waals surface area contributed by atoms with Crippen LogP contribution in [0.2, 0.25) is 0 Å². The van der Waals surface area contributed by atoms with E-state index in [4.69, 9.17) is 10.9 Å². The fourth-order valence-electron chi connectivity index (χ4n) is 1.59. The number of benzene rings is 1. The minimum absolute atomic E-state index is 0.0466. The number of hydrogen-bond acceptors (Lipinski definition) is 5. The minimum Gasteiger partial charge on any atom is -0.508 e. The van der Waals surface area contributed by atoms with Gasteiger partial charge in [-0.1, -0.05) is 6.07 Å². The van der Waals surface area contributed by atoms with Crippen LogP contribution in [0, 0.1) is 0 Å². The van der Waals surface area contributed by atoms with E-state index in [1.54, 1.807) is 0 Å². The molecule has 0 amide bonds. The highest BCUT2D eigenvalue weighted by atomic mass is 16.3. The van der Waals surface area contributed by atoms with Gasteiger partial charge in [-0.05, 0) is 11.6 Å². The Kier molecular flexibility index (Phi) is 2.47. The number of rotatable bonds is 2. The molecule has 1 aromatic heterocycles. The summed E-state index contributed by atoms with van der Waals surface area (Å²) in [5.74, 6) is 4.66. The molecular formula is C11H12N2O4. The molecule has 0 aliphatic carbocycles. The van der Waals surface area contributed by atoms with E-state index in [1.165, 1.54) is 24.3 Å². The summed E-state index contributed by atoms with van der Waals surface area (Å²) in [5.41, 5.74) is 0.884. The van der Waals surface area contributed by atoms with Crippen LogP contribution in [0.4, 0.5) is 0 Å². The van der Waals surface area contributed by atoms with Crippen LogP contribution in [0.15, 0.2) is 24.3 Å². The Morgan fingerprint density at radius 1 is 1.00 bits per heavy atom. The Morgan fingerprint density at radius 2 is 1.71 bits per heavy atom. The molecule has 17 heavy (non-hydrogen) atoms. The predicted molar refractivity (Wildman–Crippen MR) is 60.5 cm³/mol. The van der Waals surface area contributed by atoms with Gasteiger partial charge in [-0.3, -0.25) is 0 Å². The van der Waals surface area contributed by atoms with Crippen LogP contribution < -0.4 is 5.84 Å². The van der Waals surface area contributed by atoms with E-state index in [0.29, 0.717) is 11.1 Å². The maximum atomic E-state index is 9.58. The summed E-state index contributed by atoms with van der Waals surface area (Å²) in [4.78, 5) is 0. The molecule has 0 spiro atoms. The second kappa shape index (κ2) is 3.82. The van der Waals surface area contributed by atoms with Crippen LogP contribution in [0.3, 0.4) is 0 Å². The van der Waals surface area contributed by atoms with Crippen LogP contribution in [0.25, 0.3) is 0 Å². The summed E-state index contributed by atoms with van der Waals surface area (Å²) < 4.78 is 0.743. The third kappa shape index (κ3) is 1.92. The topological polar surface area (TPSA) is 112 Å². The summed E-state index contributed by atoms with van der Waals surface area (Å²) in [6, 6.07) is 5.45. The fourth-order valence-corrected chi connectivity index (χ4v) is 1.59. The first kappa shape index (κ1) is 11.0. The summed E-state index contributed by atoms with van der Waals surface area (Å²) in [6.07, 6.45) is 0.190. The number of phenolic OH excluding ortho intramolecular Hbond substituents is 2. The lowest BCUT2D eigenvalue weighted by molar-refractivity contribution is 0.393. The molecule has 6 nitrogen and oxygen atoms in total. The second-order valence-electron chi connectivity index (χ2n) is 3.71. The average molecular weight is 236 g/mol. The highest BCUT2D eigenvalue weighted by molar-refractivity contribution is 5.45. The van der Waals surface area contributed by atoms with E-state index in [2.05, 4.69) is 0 Å². The van der Waals surface area contributed by atoms with Crippen molar-refractivity contribution in [1.29, 1.82) is 0 Å². The van der Waals surface area contributed by atoms with Gasteiger partial charge in [-0.15, -0.1) is 0 Å². The molecule has 90 valence electrons. The first-order valence-corrected chi connectivity index (χ1v) is 4.87. The number of hydrogen-bond donors (Lipinski definition) is 5. The Morgan fingerprint density at radius 3 is 2.24 bits per heavy atom. The van der Waals surface area contributed by atoms with Crippen LogP contribution in [0.1, 0.15) is 11.1 Å². The molecule has 0 saturated heterocycles. The van der Waals surface area contributed by atoms with Crippen molar-refractivity contribution in [3.05, 3.63) is 35.4 Å². The molecule has 6 heteroatoms. The van der Waals surface area contributed by atoms with Gasteiger partial charge in [0.2, 0.25) is 11.8 Å². The highest BCUT2D eigenvalue weighted by Gasteiger charge is 2.13. The molecule has 2 rings (SSSR count). The van der Waals surface area contributed by atoms with Crippen LogP contribution >= 0.6 is 0 Å². The van der Waals surface area contributed by atoms with Crippen molar-refractivity contribution in [2.75, 3.05) is 5.84 Å². The van der Waals surface area contributed by atoms with E-state index in [9.17, 15) is 15.3 Å². The molecule has 0 atom stereocenters. The first-order chi connectivity index (χ1) is 7.99. The first-order valence-electron chi connectivity index (χ1n) is 4.87. The van der Waals surface area contributed by atoms with E-state index < -0.39 is 0 Å². The molecule has 0 saturated carbocycles. The third-order valence-corrected chi connectivity index (χ3v) is 2.52. The lowest BCUT2D eigenvalue weighted by Crippen LogP contribution is -2.05. The molecule has 1 aromatic carbocycles. The van der Waals surface area contributed by atoms with Gasteiger partial charge in [-0.2, -0.15) is 4.68 Å². The summed E-state index contributed by atoms with van der Waals surface area (Å²) >= 11 is 0. The van der Waals surface area contributed by atoms with Gasteiger partial charge in [0.05, 0.1) is 0 Å². The quantitative estimate of drug-likeness (QED) is 0.490. The van der Waals surface area contributed by atoms with Gasteiger partial charge in [0.1, 0.15) is 11.5 Å². The maximum Gasteiger partial charge on any atom is 0.216 e. The third-order valence-electron chi connectivity index (χ3n) is 2.52. The zero-order valence-electron chi connectivity index (χ0n) is 8.83. The van der Waals surface area contributed by atoms with E-state index in [1.807, 2.05) is 0 Å². The number of aromatic hydroxyl groups is 4. The van der Waals surface area contributed by atoms with Crippen LogP contribution in [-0.2, 0) is 6.42 Å². The summed E-state index contributed by atoms with van der Waals surface area (Å²) in [6.45, 7) is 0. The number of nitrogens with zero attached hydrogens (tertiary/aromatic N) is 1. The van der Waals surface area contributed by atoms with Crippen LogP contribution in [-0.4, -0.2) is 25.1 Å². The normalized spacial score (nSPS) is 10.6. The number of nitrogens with two attached hydrogens (primary N) is 1. The Hall–Kier alpha value is -2.50. The maximum absolute atomic E-state index is 9.58. The lowest BCUT2D eigenvalue weighted by atomic mass is 10.1. The monoisotopic (exact) mass is 236 g/mol. The standard InChI is InChI=1S/C11H12N2O4/c12-13-10(16)4-7(11(13)17)3-6-1-2-8(14)5-9(6)15/h1-2,4-5,14-17H,3,12H2. The van der Waals surface area contributed by atoms with E-state index in [0.717, 1.165) is 4.68 Å². The van der Waals surface area contributed by atoms with Crippen molar-refractivity contribution in [3.63, 3.8) is 0 Å². The van der Waals surface area contributed by atoms with E-state index in [-0.39, 0.29) is 29.7 Å². The van der Waals surface area contributed by atoms with Gasteiger partial charge in [-0.25, -0.2) is 0 Å². The number of nitrogen functional groups attached to an aromatic ring is 1. The smallest absolute Gasteiger partial charge is 0.216 e. The Balaban J connectivity index is 2.34. The Labute approximate surface area is 96.8 Å². The van der Waals surface area contributed by atoms with Crippen molar-refractivity contribution >= 4 is 0 Å². The SMILES string of the molecule is Nn1c(O)cc(Cc2ccc(O)cc2O)c1O. The highest BCUT2D eigenvalue weighted by Crippen LogP contribution is 2.30. The van der Waals surface area contributed by atoms with Crippen LogP contribution in [0.5, 0.6) is 23.3 Å². The van der Waals surface area contributed by atoms with Crippen molar-refractivity contribution in [3.8, 4) is 23.3 Å². The van der Waals surface area contributed by atoms with Crippen molar-refractivity contribution in [1.82, 2.24) is 4.68 Å². The predicted octanol–water partition coefficient (Wildman–Crippen LogP) is 0.615. The summed E-state index contributed by atoms with van der Waals surface area (Å²) in [7, 11) is 0. The molecule has 0 fully saturated rings. The average Bonchev–Trinajstić information content (AvgIpc) is 2.50. The van der Waals surface area contributed by atoms with Crippen molar-refractivity contribution < 1.29 is 20.4 Å². The summed E-state index contributed by atoms with van der Waals surface area (Å²) in [5, 5.41) is 37.6. The Bertz CT molecular complexity index is 563. The zero-order chi connectivity index (χ0) is 12.6. The molecular weight excluding hydrogens is 224 g/mol. The van der Waals surface area contributed by atoms with Crippen molar-refractivity contribution in [2.45, 2.75) is 6.42 Å². The molecule has 0 aliphatic heterocycles. The number of aromatic nitrogens is 1. The molecule has 0 aliphatic rings. The molecule has 1 heterocycles. The molecule has 6 N–H and O–H groups in total. The molecule has 0 radical (unpaired) electrons. The molecule has 2 aromatic rings. The van der Waals surface area contributed by atoms with Gasteiger partial charge in [0.15, 0.2) is 0 Å².